The van der Waals surface area contributed by atoms with E-state index in [0.717, 1.165) is 52.1 Å². The maximum absolute atomic E-state index is 13.0. The standard InChI is InChI=1S/C32H32N4O2.C2HF3O2/c1-38-24-11-14-29-26(18-24)32(31(37)33-29)19-27(32)23-10-12-25-28(34-35-30(25)17-23)13-9-21-5-7-22(8-6-21)20-36-15-3-2-4-16-36;3-2(4,5)1(6)7/h5-14,17-18,27H,2-4,15-16,19-20H2,1H3,(H,33,37)(H,34,35);(H,6,7)/b13-9+;/t27-,32-;/m0./s1. The van der Waals surface area contributed by atoms with Crippen LogP contribution in [0.4, 0.5) is 18.9 Å². The Morgan fingerprint density at radius 2 is 1.80 bits per heavy atom. The number of carboxylic acids is 1. The van der Waals surface area contributed by atoms with Gasteiger partial charge in [-0.05, 0) is 84.9 Å². The van der Waals surface area contributed by atoms with Gasteiger partial charge in [-0.1, -0.05) is 48.9 Å². The van der Waals surface area contributed by atoms with Crippen LogP contribution in [-0.2, 0) is 21.5 Å². The highest BCUT2D eigenvalue weighted by atomic mass is 19.4. The Hall–Kier alpha value is -4.64. The van der Waals surface area contributed by atoms with Gasteiger partial charge in [0.25, 0.3) is 0 Å². The summed E-state index contributed by atoms with van der Waals surface area (Å²) in [5, 5.41) is 19.1. The van der Waals surface area contributed by atoms with Crippen molar-refractivity contribution in [3.63, 3.8) is 0 Å². The lowest BCUT2D eigenvalue weighted by Crippen LogP contribution is -2.28. The first kappa shape index (κ1) is 30.4. The van der Waals surface area contributed by atoms with E-state index >= 15 is 0 Å². The van der Waals surface area contributed by atoms with Crippen LogP contribution in [0.2, 0.25) is 0 Å². The van der Waals surface area contributed by atoms with E-state index in [0.29, 0.717) is 0 Å². The van der Waals surface area contributed by atoms with Gasteiger partial charge >= 0.3 is 12.1 Å². The van der Waals surface area contributed by atoms with E-state index in [1.807, 2.05) is 18.2 Å². The number of nitrogens with zero attached hydrogens (tertiary/aromatic N) is 2. The molecule has 45 heavy (non-hydrogen) atoms. The van der Waals surface area contributed by atoms with E-state index in [-0.39, 0.29) is 11.8 Å². The molecule has 0 unspecified atom stereocenters. The number of hydrogen-bond acceptors (Lipinski definition) is 5. The summed E-state index contributed by atoms with van der Waals surface area (Å²) in [5.74, 6) is -1.75. The van der Waals surface area contributed by atoms with Gasteiger partial charge in [-0.15, -0.1) is 0 Å². The number of H-pyrrole nitrogens is 1. The Bertz CT molecular complexity index is 1760. The number of halogens is 3. The second kappa shape index (κ2) is 12.0. The number of piperidine rings is 1. The van der Waals surface area contributed by atoms with Crippen molar-refractivity contribution in [3.05, 3.63) is 88.6 Å². The predicted octanol–water partition coefficient (Wildman–Crippen LogP) is 6.74. The number of benzene rings is 3. The van der Waals surface area contributed by atoms with E-state index < -0.39 is 17.6 Å². The van der Waals surface area contributed by atoms with Crippen LogP contribution in [-0.4, -0.2) is 58.5 Å². The van der Waals surface area contributed by atoms with Gasteiger partial charge in [-0.3, -0.25) is 14.8 Å². The summed E-state index contributed by atoms with van der Waals surface area (Å²) in [5.41, 5.74) is 7.05. The second-order valence-corrected chi connectivity index (χ2v) is 11.7. The number of nitrogens with one attached hydrogen (secondary N) is 2. The number of rotatable bonds is 6. The Morgan fingerprint density at radius 3 is 2.49 bits per heavy atom. The molecule has 2 atom stereocenters. The maximum Gasteiger partial charge on any atom is 0.490 e. The quantitative estimate of drug-likeness (QED) is 0.221. The van der Waals surface area contributed by atoms with Crippen LogP contribution in [0.5, 0.6) is 5.75 Å². The van der Waals surface area contributed by atoms with E-state index in [1.165, 1.54) is 43.5 Å². The highest BCUT2D eigenvalue weighted by molar-refractivity contribution is 6.10. The van der Waals surface area contributed by atoms with Crippen LogP contribution >= 0.6 is 0 Å². The van der Waals surface area contributed by atoms with Crippen molar-refractivity contribution in [2.75, 3.05) is 25.5 Å². The Labute approximate surface area is 257 Å². The number of ether oxygens (including phenoxy) is 1. The number of methoxy groups -OCH3 is 1. The van der Waals surface area contributed by atoms with Crippen LogP contribution in [0.15, 0.2) is 60.7 Å². The van der Waals surface area contributed by atoms with Crippen LogP contribution in [0.1, 0.15) is 59.5 Å². The topological polar surface area (TPSA) is 108 Å². The lowest BCUT2D eigenvalue weighted by Gasteiger charge is -2.26. The molecule has 234 valence electrons. The molecule has 2 fully saturated rings. The van der Waals surface area contributed by atoms with E-state index in [4.69, 9.17) is 14.6 Å². The van der Waals surface area contributed by atoms with Gasteiger partial charge in [0.05, 0.1) is 23.7 Å². The third-order valence-corrected chi connectivity index (χ3v) is 8.85. The van der Waals surface area contributed by atoms with Gasteiger partial charge in [0.1, 0.15) is 5.75 Å². The van der Waals surface area contributed by atoms with Gasteiger partial charge in [-0.2, -0.15) is 18.3 Å². The van der Waals surface area contributed by atoms with Crippen molar-refractivity contribution in [1.82, 2.24) is 15.1 Å². The normalized spacial score (nSPS) is 21.0. The zero-order chi connectivity index (χ0) is 31.8. The Balaban J connectivity index is 0.000000460. The number of anilines is 1. The molecule has 7 rings (SSSR count). The lowest BCUT2D eigenvalue weighted by molar-refractivity contribution is -0.192. The Kier molecular flexibility index (Phi) is 8.13. The molecule has 0 bridgehead atoms. The minimum Gasteiger partial charge on any atom is -0.497 e. The molecular formula is C34H33F3N4O4. The molecule has 1 amide bonds. The zero-order valence-corrected chi connectivity index (χ0v) is 24.7. The number of carboxylic acid groups (broad SMARTS) is 1. The van der Waals surface area contributed by atoms with Crippen molar-refractivity contribution in [2.45, 2.75) is 49.7 Å². The van der Waals surface area contributed by atoms with Crippen LogP contribution in [0.25, 0.3) is 23.1 Å². The number of carbonyl (C=O) groups is 2. The van der Waals surface area contributed by atoms with Crippen molar-refractivity contribution < 1.29 is 32.6 Å². The number of aliphatic carboxylic acids is 1. The number of likely N-dealkylation sites (tertiary alicyclic amines) is 1. The van der Waals surface area contributed by atoms with E-state index in [1.54, 1.807) is 7.11 Å². The highest BCUT2D eigenvalue weighted by Gasteiger charge is 2.65. The van der Waals surface area contributed by atoms with Gasteiger partial charge in [0, 0.05) is 23.5 Å². The molecule has 1 spiro atoms. The summed E-state index contributed by atoms with van der Waals surface area (Å²) in [7, 11) is 1.66. The molecule has 3 heterocycles. The van der Waals surface area contributed by atoms with Crippen LogP contribution < -0.4 is 10.1 Å². The van der Waals surface area contributed by atoms with Crippen molar-refractivity contribution in [2.24, 2.45) is 0 Å². The van der Waals surface area contributed by atoms with Gasteiger partial charge in [0.2, 0.25) is 5.91 Å². The third kappa shape index (κ3) is 6.17. The molecular weight excluding hydrogens is 585 g/mol. The molecule has 11 heteroatoms. The number of amides is 1. The SMILES string of the molecule is COc1ccc2c(c1)[C@]1(C[C@H]1c1ccc3c(/C=C/c4ccc(CN5CCCCC5)cc4)n[nH]c3c1)C(=O)N2.O=C(O)C(F)(F)F. The minimum absolute atomic E-state index is 0.0843. The largest absolute Gasteiger partial charge is 0.497 e. The molecule has 2 aliphatic heterocycles. The molecule has 3 N–H and O–H groups in total. The fourth-order valence-electron chi connectivity index (χ4n) is 6.39. The maximum atomic E-state index is 13.0. The fraction of sp³-hybridized carbons (Fsp3) is 0.324. The molecule has 3 aliphatic rings. The summed E-state index contributed by atoms with van der Waals surface area (Å²) >= 11 is 0. The van der Waals surface area contributed by atoms with Crippen molar-refractivity contribution in [1.29, 1.82) is 0 Å². The average molecular weight is 619 g/mol. The fourth-order valence-corrected chi connectivity index (χ4v) is 6.39. The Morgan fingerprint density at radius 1 is 1.07 bits per heavy atom. The van der Waals surface area contributed by atoms with Gasteiger partial charge in [-0.25, -0.2) is 4.79 Å². The number of alkyl halides is 3. The summed E-state index contributed by atoms with van der Waals surface area (Å²) in [6.45, 7) is 3.47. The zero-order valence-electron chi connectivity index (χ0n) is 24.7. The molecule has 1 saturated carbocycles. The number of fused-ring (bicyclic) bond motifs is 3. The molecule has 8 nitrogen and oxygen atoms in total. The minimum atomic E-state index is -5.08. The van der Waals surface area contributed by atoms with Crippen LogP contribution in [0, 0.1) is 0 Å². The molecule has 4 aromatic rings. The highest BCUT2D eigenvalue weighted by Crippen LogP contribution is 2.65. The first-order valence-electron chi connectivity index (χ1n) is 14.9. The lowest BCUT2D eigenvalue weighted by atomic mass is 9.91. The molecule has 1 aliphatic carbocycles. The number of aromatic nitrogens is 2. The number of carbonyl (C=O) groups excluding carboxylic acids is 1. The summed E-state index contributed by atoms with van der Waals surface area (Å²) in [6.07, 6.45) is 3.92. The van der Waals surface area contributed by atoms with Gasteiger partial charge < -0.3 is 15.2 Å². The first-order chi connectivity index (χ1) is 21.6. The van der Waals surface area contributed by atoms with E-state index in [2.05, 4.69) is 75.0 Å². The van der Waals surface area contributed by atoms with E-state index in [9.17, 15) is 18.0 Å². The summed E-state index contributed by atoms with van der Waals surface area (Å²) < 4.78 is 37.2. The molecule has 1 aromatic heterocycles. The van der Waals surface area contributed by atoms with Gasteiger partial charge in [0.15, 0.2) is 0 Å². The third-order valence-electron chi connectivity index (χ3n) is 8.85. The second-order valence-electron chi connectivity index (χ2n) is 11.7. The molecule has 1 saturated heterocycles. The summed E-state index contributed by atoms with van der Waals surface area (Å²) in [4.78, 5) is 24.5. The predicted molar refractivity (Wildman–Crippen MR) is 165 cm³/mol. The monoisotopic (exact) mass is 618 g/mol. The smallest absolute Gasteiger partial charge is 0.490 e. The molecule has 0 radical (unpaired) electrons. The number of aromatic amines is 1. The number of hydrogen-bond donors (Lipinski definition) is 3. The van der Waals surface area contributed by atoms with Crippen molar-refractivity contribution >= 4 is 40.6 Å². The summed E-state index contributed by atoms with van der Waals surface area (Å²) in [6, 6.07) is 21.1. The molecule has 3 aromatic carbocycles. The van der Waals surface area contributed by atoms with Crippen molar-refractivity contribution in [3.8, 4) is 5.75 Å². The average Bonchev–Trinajstić information content (AvgIpc) is 3.57. The first-order valence-corrected chi connectivity index (χ1v) is 14.9. The van der Waals surface area contributed by atoms with Crippen LogP contribution in [0.3, 0.4) is 0 Å².